The monoisotopic (exact) mass is 193 g/mol. The lowest BCUT2D eigenvalue weighted by Gasteiger charge is -2.25. The fourth-order valence-corrected chi connectivity index (χ4v) is 1.37. The van der Waals surface area contributed by atoms with E-state index >= 15 is 0 Å². The lowest BCUT2D eigenvalue weighted by Crippen LogP contribution is -2.25. The highest BCUT2D eigenvalue weighted by molar-refractivity contribution is 5.29. The van der Waals surface area contributed by atoms with Crippen LogP contribution in [0.3, 0.4) is 0 Å². The van der Waals surface area contributed by atoms with Gasteiger partial charge in [-0.15, -0.1) is 0 Å². The quantitative estimate of drug-likeness (QED) is 0.794. The van der Waals surface area contributed by atoms with Crippen molar-refractivity contribution in [3.05, 3.63) is 11.8 Å². The van der Waals surface area contributed by atoms with Crippen molar-refractivity contribution in [2.75, 3.05) is 12.4 Å². The predicted octanol–water partition coefficient (Wildman–Crippen LogP) is 1.76. The van der Waals surface area contributed by atoms with Crippen molar-refractivity contribution in [3.8, 4) is 5.88 Å². The Balaban J connectivity index is 2.11. The Morgan fingerprint density at radius 1 is 1.43 bits per heavy atom. The molecular formula is C10H15N3O. The molecule has 1 aliphatic carbocycles. The largest absolute Gasteiger partial charge is 0.474 e. The van der Waals surface area contributed by atoms with Crippen LogP contribution in [0.1, 0.15) is 25.0 Å². The van der Waals surface area contributed by atoms with Crippen molar-refractivity contribution >= 4 is 5.95 Å². The molecule has 0 amide bonds. The van der Waals surface area contributed by atoms with Crippen LogP contribution < -0.4 is 10.1 Å². The Morgan fingerprint density at radius 2 is 2.21 bits per heavy atom. The maximum atomic E-state index is 5.68. The summed E-state index contributed by atoms with van der Waals surface area (Å²) >= 11 is 0. The van der Waals surface area contributed by atoms with Crippen molar-refractivity contribution < 1.29 is 4.74 Å². The number of hydrogen-bond acceptors (Lipinski definition) is 4. The number of ether oxygens (including phenoxy) is 1. The third-order valence-corrected chi connectivity index (χ3v) is 2.39. The number of rotatable bonds is 3. The van der Waals surface area contributed by atoms with Crippen LogP contribution in [0.2, 0.25) is 0 Å². The molecule has 1 aliphatic rings. The summed E-state index contributed by atoms with van der Waals surface area (Å²) in [5.74, 6) is 1.31. The van der Waals surface area contributed by atoms with Crippen LogP contribution in [0.25, 0.3) is 0 Å². The summed E-state index contributed by atoms with van der Waals surface area (Å²) < 4.78 is 5.68. The molecule has 0 radical (unpaired) electrons. The fraction of sp³-hybridized carbons (Fsp3) is 0.600. The van der Waals surface area contributed by atoms with Crippen LogP contribution in [-0.4, -0.2) is 23.1 Å². The van der Waals surface area contributed by atoms with E-state index in [9.17, 15) is 0 Å². The minimum Gasteiger partial charge on any atom is -0.474 e. The van der Waals surface area contributed by atoms with E-state index in [1.807, 2.05) is 20.0 Å². The maximum absolute atomic E-state index is 5.68. The van der Waals surface area contributed by atoms with Crippen molar-refractivity contribution in [2.45, 2.75) is 32.3 Å². The number of aromatic nitrogens is 2. The third kappa shape index (κ3) is 1.95. The lowest BCUT2D eigenvalue weighted by atomic mass is 9.96. The summed E-state index contributed by atoms with van der Waals surface area (Å²) in [5, 5.41) is 2.92. The second-order valence-corrected chi connectivity index (χ2v) is 3.59. The fourth-order valence-electron chi connectivity index (χ4n) is 1.37. The molecule has 1 fully saturated rings. The average molecular weight is 193 g/mol. The number of hydrogen-bond donors (Lipinski definition) is 1. The van der Waals surface area contributed by atoms with Gasteiger partial charge in [0.05, 0.1) is 0 Å². The molecule has 2 rings (SSSR count). The Morgan fingerprint density at radius 3 is 2.79 bits per heavy atom. The highest BCUT2D eigenvalue weighted by atomic mass is 16.5. The van der Waals surface area contributed by atoms with Gasteiger partial charge in [-0.1, -0.05) is 0 Å². The van der Waals surface area contributed by atoms with Crippen LogP contribution in [0.15, 0.2) is 6.07 Å². The lowest BCUT2D eigenvalue weighted by molar-refractivity contribution is 0.114. The number of nitrogens with zero attached hydrogens (tertiary/aromatic N) is 2. The van der Waals surface area contributed by atoms with Crippen molar-refractivity contribution in [2.24, 2.45) is 0 Å². The van der Waals surface area contributed by atoms with E-state index in [-0.39, 0.29) is 0 Å². The summed E-state index contributed by atoms with van der Waals surface area (Å²) in [6.07, 6.45) is 3.94. The van der Waals surface area contributed by atoms with Crippen molar-refractivity contribution in [3.63, 3.8) is 0 Å². The molecule has 0 saturated heterocycles. The molecule has 1 heterocycles. The van der Waals surface area contributed by atoms with E-state index in [1.165, 1.54) is 6.42 Å². The first-order chi connectivity index (χ1) is 6.78. The highest BCUT2D eigenvalue weighted by Gasteiger charge is 2.19. The second-order valence-electron chi connectivity index (χ2n) is 3.59. The first-order valence-electron chi connectivity index (χ1n) is 4.98. The van der Waals surface area contributed by atoms with Crippen LogP contribution in [-0.2, 0) is 0 Å². The van der Waals surface area contributed by atoms with Crippen LogP contribution in [0.5, 0.6) is 5.88 Å². The Bertz CT molecular complexity index is 323. The zero-order chi connectivity index (χ0) is 9.97. The normalized spacial score (nSPS) is 16.1. The molecule has 4 nitrogen and oxygen atoms in total. The highest BCUT2D eigenvalue weighted by Crippen LogP contribution is 2.24. The number of nitrogens with one attached hydrogen (secondary N) is 1. The summed E-state index contributed by atoms with van der Waals surface area (Å²) in [5.41, 5.74) is 0.929. The second kappa shape index (κ2) is 3.82. The van der Waals surface area contributed by atoms with E-state index in [1.54, 1.807) is 0 Å². The summed E-state index contributed by atoms with van der Waals surface area (Å²) in [7, 11) is 1.81. The van der Waals surface area contributed by atoms with Crippen LogP contribution in [0.4, 0.5) is 5.95 Å². The summed E-state index contributed by atoms with van der Waals surface area (Å²) in [4.78, 5) is 8.43. The molecule has 1 aromatic heterocycles. The molecule has 0 unspecified atom stereocenters. The smallest absolute Gasteiger partial charge is 0.225 e. The van der Waals surface area contributed by atoms with Crippen LogP contribution >= 0.6 is 0 Å². The molecule has 1 aromatic rings. The average Bonchev–Trinajstić information content (AvgIpc) is 2.10. The molecule has 0 bridgehead atoms. The van der Waals surface area contributed by atoms with Gasteiger partial charge in [0.2, 0.25) is 11.8 Å². The molecular weight excluding hydrogens is 178 g/mol. The molecule has 76 valence electrons. The Kier molecular flexibility index (Phi) is 2.52. The Hall–Kier alpha value is -1.32. The number of aryl methyl sites for hydroxylation is 1. The van der Waals surface area contributed by atoms with Crippen LogP contribution in [0, 0.1) is 6.92 Å². The predicted molar refractivity (Wildman–Crippen MR) is 54.6 cm³/mol. The third-order valence-electron chi connectivity index (χ3n) is 2.39. The van der Waals surface area contributed by atoms with E-state index in [4.69, 9.17) is 4.74 Å². The van der Waals surface area contributed by atoms with Gasteiger partial charge in [0.1, 0.15) is 6.10 Å². The van der Waals surface area contributed by atoms with Gasteiger partial charge in [-0.2, -0.15) is 4.98 Å². The molecule has 0 aliphatic heterocycles. The topological polar surface area (TPSA) is 47.0 Å². The van der Waals surface area contributed by atoms with Gasteiger partial charge >= 0.3 is 0 Å². The number of anilines is 1. The van der Waals surface area contributed by atoms with E-state index in [0.29, 0.717) is 17.9 Å². The molecule has 0 aromatic carbocycles. The van der Waals surface area contributed by atoms with Gasteiger partial charge in [-0.25, -0.2) is 4.98 Å². The van der Waals surface area contributed by atoms with Gasteiger partial charge in [0, 0.05) is 18.8 Å². The zero-order valence-electron chi connectivity index (χ0n) is 8.58. The standard InChI is InChI=1S/C10H15N3O/c1-7-6-9(13-10(11-2)12-7)14-8-4-3-5-8/h6,8H,3-5H2,1-2H3,(H,11,12,13). The van der Waals surface area contributed by atoms with E-state index in [2.05, 4.69) is 15.3 Å². The zero-order valence-corrected chi connectivity index (χ0v) is 8.58. The first kappa shape index (κ1) is 9.24. The van der Waals surface area contributed by atoms with Gasteiger partial charge in [-0.3, -0.25) is 0 Å². The molecule has 4 heteroatoms. The minimum absolute atomic E-state index is 0.369. The van der Waals surface area contributed by atoms with Crippen molar-refractivity contribution in [1.29, 1.82) is 0 Å². The molecule has 1 N–H and O–H groups in total. The van der Waals surface area contributed by atoms with Gasteiger partial charge in [-0.05, 0) is 26.2 Å². The van der Waals surface area contributed by atoms with Gasteiger partial charge in [0.15, 0.2) is 0 Å². The molecule has 0 atom stereocenters. The SMILES string of the molecule is CNc1nc(C)cc(OC2CCC2)n1. The Labute approximate surface area is 83.7 Å². The summed E-state index contributed by atoms with van der Waals surface area (Å²) in [6, 6.07) is 1.87. The molecule has 0 spiro atoms. The molecule has 1 saturated carbocycles. The van der Waals surface area contributed by atoms with E-state index in [0.717, 1.165) is 18.5 Å². The van der Waals surface area contributed by atoms with Crippen molar-refractivity contribution in [1.82, 2.24) is 9.97 Å². The maximum Gasteiger partial charge on any atom is 0.225 e. The van der Waals surface area contributed by atoms with Gasteiger partial charge in [0.25, 0.3) is 0 Å². The molecule has 14 heavy (non-hydrogen) atoms. The minimum atomic E-state index is 0.369. The van der Waals surface area contributed by atoms with Gasteiger partial charge < -0.3 is 10.1 Å². The summed E-state index contributed by atoms with van der Waals surface area (Å²) in [6.45, 7) is 1.94. The first-order valence-corrected chi connectivity index (χ1v) is 4.98. The van der Waals surface area contributed by atoms with E-state index < -0.39 is 0 Å².